The highest BCUT2D eigenvalue weighted by Gasteiger charge is 2.09. The summed E-state index contributed by atoms with van der Waals surface area (Å²) in [5.74, 6) is 2.18. The van der Waals surface area contributed by atoms with Crippen LogP contribution in [0.3, 0.4) is 0 Å². The fourth-order valence-corrected chi connectivity index (χ4v) is 2.36. The Morgan fingerprint density at radius 2 is 2.10 bits per heavy atom. The van der Waals surface area contributed by atoms with Crippen LogP contribution in [0.2, 0.25) is 5.02 Å². The second-order valence-corrected chi connectivity index (χ2v) is 5.46. The molecule has 1 aromatic heterocycles. The standard InChI is InChI=1S/C13H13ClN4OS/c1-18-12(16-17-13(18)20-8-2-7-15)9-19-11-5-3-10(14)4-6-11/h3-6H,2,8-9H2,1H3. The number of halogens is 1. The lowest BCUT2D eigenvalue weighted by Gasteiger charge is -2.06. The number of nitriles is 1. The highest BCUT2D eigenvalue weighted by Crippen LogP contribution is 2.19. The monoisotopic (exact) mass is 308 g/mol. The fourth-order valence-electron chi connectivity index (χ4n) is 1.46. The second-order valence-electron chi connectivity index (χ2n) is 3.96. The van der Waals surface area contributed by atoms with Crippen LogP contribution in [0.25, 0.3) is 0 Å². The number of aromatic nitrogens is 3. The van der Waals surface area contributed by atoms with Gasteiger partial charge >= 0.3 is 0 Å². The van der Waals surface area contributed by atoms with Gasteiger partial charge in [0.1, 0.15) is 12.4 Å². The molecule has 0 fully saturated rings. The summed E-state index contributed by atoms with van der Waals surface area (Å²) in [6.07, 6.45) is 0.494. The van der Waals surface area contributed by atoms with Crippen LogP contribution in [-0.2, 0) is 13.7 Å². The molecule has 0 saturated heterocycles. The SMILES string of the molecule is Cn1c(COc2ccc(Cl)cc2)nnc1SCCC#N. The van der Waals surface area contributed by atoms with Crippen molar-refractivity contribution in [2.45, 2.75) is 18.2 Å². The zero-order valence-electron chi connectivity index (χ0n) is 10.9. The van der Waals surface area contributed by atoms with E-state index in [0.717, 1.165) is 16.7 Å². The van der Waals surface area contributed by atoms with Crippen molar-refractivity contribution < 1.29 is 4.74 Å². The first kappa shape index (κ1) is 14.7. The van der Waals surface area contributed by atoms with Gasteiger partial charge in [0.05, 0.1) is 6.07 Å². The van der Waals surface area contributed by atoms with Gasteiger partial charge in [0.15, 0.2) is 11.0 Å². The first-order valence-electron chi connectivity index (χ1n) is 5.97. The van der Waals surface area contributed by atoms with Gasteiger partial charge in [-0.15, -0.1) is 10.2 Å². The van der Waals surface area contributed by atoms with Gasteiger partial charge < -0.3 is 9.30 Å². The van der Waals surface area contributed by atoms with Gasteiger partial charge in [-0.25, -0.2) is 0 Å². The topological polar surface area (TPSA) is 63.7 Å². The van der Waals surface area contributed by atoms with Gasteiger partial charge in [-0.3, -0.25) is 0 Å². The lowest BCUT2D eigenvalue weighted by atomic mass is 10.3. The van der Waals surface area contributed by atoms with Crippen molar-refractivity contribution in [1.29, 1.82) is 5.26 Å². The quantitative estimate of drug-likeness (QED) is 0.606. The van der Waals surface area contributed by atoms with Crippen molar-refractivity contribution in [3.05, 3.63) is 35.1 Å². The largest absolute Gasteiger partial charge is 0.486 e. The molecule has 1 aromatic carbocycles. The average molecular weight is 309 g/mol. The van der Waals surface area contributed by atoms with Crippen molar-refractivity contribution in [3.8, 4) is 11.8 Å². The Labute approximate surface area is 126 Å². The minimum Gasteiger partial charge on any atom is -0.486 e. The van der Waals surface area contributed by atoms with Crippen LogP contribution >= 0.6 is 23.4 Å². The van der Waals surface area contributed by atoms with Crippen molar-refractivity contribution in [2.24, 2.45) is 7.05 Å². The number of hydrogen-bond acceptors (Lipinski definition) is 5. The van der Waals surface area contributed by atoms with Gasteiger partial charge in [0.2, 0.25) is 0 Å². The highest BCUT2D eigenvalue weighted by atomic mass is 35.5. The molecule has 0 unspecified atom stereocenters. The molecule has 0 aliphatic heterocycles. The van der Waals surface area contributed by atoms with Crippen LogP contribution in [0, 0.1) is 11.3 Å². The molecule has 0 radical (unpaired) electrons. The van der Waals surface area contributed by atoms with Crippen molar-refractivity contribution in [1.82, 2.24) is 14.8 Å². The second kappa shape index (κ2) is 7.17. The molecule has 20 heavy (non-hydrogen) atoms. The van der Waals surface area contributed by atoms with Gasteiger partial charge in [-0.1, -0.05) is 23.4 Å². The molecule has 0 amide bonds. The molecule has 1 heterocycles. The maximum absolute atomic E-state index is 8.51. The summed E-state index contributed by atoms with van der Waals surface area (Å²) in [5, 5.41) is 18.1. The molecule has 7 heteroatoms. The normalized spacial score (nSPS) is 10.2. The third-order valence-electron chi connectivity index (χ3n) is 2.55. The van der Waals surface area contributed by atoms with Crippen molar-refractivity contribution in [3.63, 3.8) is 0 Å². The van der Waals surface area contributed by atoms with E-state index in [0.29, 0.717) is 23.8 Å². The van der Waals surface area contributed by atoms with Crippen molar-refractivity contribution >= 4 is 23.4 Å². The van der Waals surface area contributed by atoms with E-state index in [4.69, 9.17) is 21.6 Å². The lowest BCUT2D eigenvalue weighted by Crippen LogP contribution is -2.04. The zero-order valence-corrected chi connectivity index (χ0v) is 12.5. The number of nitrogens with zero attached hydrogens (tertiary/aromatic N) is 4. The first-order valence-corrected chi connectivity index (χ1v) is 7.33. The Bertz CT molecular complexity index is 606. The summed E-state index contributed by atoms with van der Waals surface area (Å²) in [6, 6.07) is 9.26. The molecule has 0 aliphatic carbocycles. The first-order chi connectivity index (χ1) is 9.70. The number of ether oxygens (including phenoxy) is 1. The van der Waals surface area contributed by atoms with E-state index in [1.807, 2.05) is 11.6 Å². The Morgan fingerprint density at radius 1 is 1.35 bits per heavy atom. The van der Waals surface area contributed by atoms with Crippen molar-refractivity contribution in [2.75, 3.05) is 5.75 Å². The third kappa shape index (κ3) is 3.89. The summed E-state index contributed by atoms with van der Waals surface area (Å²) in [5.41, 5.74) is 0. The summed E-state index contributed by atoms with van der Waals surface area (Å²) in [4.78, 5) is 0. The van der Waals surface area contributed by atoms with Gasteiger partial charge in [-0.2, -0.15) is 5.26 Å². The molecule has 0 saturated carbocycles. The summed E-state index contributed by atoms with van der Waals surface area (Å²) >= 11 is 7.32. The van der Waals surface area contributed by atoms with Crippen LogP contribution in [0.5, 0.6) is 5.75 Å². The molecular formula is C13H13ClN4OS. The molecule has 0 aliphatic rings. The van der Waals surface area contributed by atoms with E-state index in [2.05, 4.69) is 16.3 Å². The van der Waals surface area contributed by atoms with Gasteiger partial charge in [0.25, 0.3) is 0 Å². The summed E-state index contributed by atoms with van der Waals surface area (Å²) < 4.78 is 7.50. The molecule has 104 valence electrons. The van der Waals surface area contributed by atoms with E-state index >= 15 is 0 Å². The Balaban J connectivity index is 1.93. The van der Waals surface area contributed by atoms with Crippen LogP contribution in [0.4, 0.5) is 0 Å². The van der Waals surface area contributed by atoms with Crippen LogP contribution in [0.15, 0.2) is 29.4 Å². The van der Waals surface area contributed by atoms with E-state index < -0.39 is 0 Å². The highest BCUT2D eigenvalue weighted by molar-refractivity contribution is 7.99. The minimum absolute atomic E-state index is 0.337. The molecule has 0 N–H and O–H groups in total. The van der Waals surface area contributed by atoms with Crippen LogP contribution < -0.4 is 4.74 Å². The van der Waals surface area contributed by atoms with Crippen LogP contribution in [-0.4, -0.2) is 20.5 Å². The smallest absolute Gasteiger partial charge is 0.191 e. The molecule has 0 bridgehead atoms. The Morgan fingerprint density at radius 3 is 2.80 bits per heavy atom. The van der Waals surface area contributed by atoms with E-state index in [1.54, 1.807) is 24.3 Å². The van der Waals surface area contributed by atoms with Gasteiger partial charge in [-0.05, 0) is 24.3 Å². The molecule has 0 spiro atoms. The number of benzene rings is 1. The summed E-state index contributed by atoms with van der Waals surface area (Å²) in [6.45, 7) is 0.337. The fraction of sp³-hybridized carbons (Fsp3) is 0.308. The lowest BCUT2D eigenvalue weighted by molar-refractivity contribution is 0.290. The number of hydrogen-bond donors (Lipinski definition) is 0. The van der Waals surface area contributed by atoms with Gasteiger partial charge in [0, 0.05) is 24.2 Å². The molecule has 0 atom stereocenters. The third-order valence-corrected chi connectivity index (χ3v) is 3.83. The Kier molecular flexibility index (Phi) is 5.27. The van der Waals surface area contributed by atoms with E-state index in [9.17, 15) is 0 Å². The predicted molar refractivity (Wildman–Crippen MR) is 77.7 cm³/mol. The molecule has 2 rings (SSSR count). The number of thioether (sulfide) groups is 1. The maximum atomic E-state index is 8.51. The molecular weight excluding hydrogens is 296 g/mol. The Hall–Kier alpha value is -1.71. The summed E-state index contributed by atoms with van der Waals surface area (Å²) in [7, 11) is 1.88. The average Bonchev–Trinajstić information content (AvgIpc) is 2.80. The molecule has 5 nitrogen and oxygen atoms in total. The van der Waals surface area contributed by atoms with E-state index in [1.165, 1.54) is 11.8 Å². The van der Waals surface area contributed by atoms with E-state index in [-0.39, 0.29) is 0 Å². The predicted octanol–water partition coefficient (Wildman–Crippen LogP) is 3.05. The molecule has 2 aromatic rings. The van der Waals surface area contributed by atoms with Crippen LogP contribution in [0.1, 0.15) is 12.2 Å². The minimum atomic E-state index is 0.337. The maximum Gasteiger partial charge on any atom is 0.191 e. The number of rotatable bonds is 6. The zero-order chi connectivity index (χ0) is 14.4.